The molecule has 0 radical (unpaired) electrons. The maximum absolute atomic E-state index is 11.9. The second-order valence-electron chi connectivity index (χ2n) is 6.95. The van der Waals surface area contributed by atoms with Crippen LogP contribution in [0.4, 0.5) is 0 Å². The zero-order chi connectivity index (χ0) is 20.4. The van der Waals surface area contributed by atoms with E-state index in [2.05, 4.69) is 22.1 Å². The van der Waals surface area contributed by atoms with E-state index < -0.39 is 0 Å². The van der Waals surface area contributed by atoms with Crippen LogP contribution >= 0.6 is 0 Å². The molecular formula is C23H22N2O4. The fraction of sp³-hybridized carbons (Fsp3) is 0.217. The highest BCUT2D eigenvalue weighted by atomic mass is 16.5. The average Bonchev–Trinajstić information content (AvgIpc) is 3.31. The standard InChI is InChI=1S/C23H22N2O4/c1-28-21(26)10-8-16-12-15-11-14(7-9-18(15)24-16)23-17-5-3-4-6-19(17)25-20(23)13-22(27)29-2/h3-7,9,11-12,24-25H,8,10,13H2,1-2H3. The van der Waals surface area contributed by atoms with Crippen LogP contribution < -0.4 is 0 Å². The molecular weight excluding hydrogens is 368 g/mol. The van der Waals surface area contributed by atoms with Gasteiger partial charge in [0.2, 0.25) is 0 Å². The summed E-state index contributed by atoms with van der Waals surface area (Å²) in [5.74, 6) is -0.513. The minimum absolute atomic E-state index is 0.177. The van der Waals surface area contributed by atoms with Crippen LogP contribution in [0.5, 0.6) is 0 Å². The van der Waals surface area contributed by atoms with Crippen molar-refractivity contribution in [3.63, 3.8) is 0 Å². The topological polar surface area (TPSA) is 84.2 Å². The maximum atomic E-state index is 11.9. The number of esters is 2. The Kier molecular flexibility index (Phi) is 5.08. The highest BCUT2D eigenvalue weighted by Crippen LogP contribution is 2.34. The molecule has 0 amide bonds. The Morgan fingerprint density at radius 3 is 2.48 bits per heavy atom. The van der Waals surface area contributed by atoms with Gasteiger partial charge in [0.15, 0.2) is 0 Å². The molecule has 0 saturated carbocycles. The van der Waals surface area contributed by atoms with Crippen molar-refractivity contribution < 1.29 is 19.1 Å². The first-order chi connectivity index (χ1) is 14.1. The maximum Gasteiger partial charge on any atom is 0.311 e. The first kappa shape index (κ1) is 18.8. The minimum Gasteiger partial charge on any atom is -0.469 e. The molecule has 2 aromatic heterocycles. The first-order valence-corrected chi connectivity index (χ1v) is 9.44. The largest absolute Gasteiger partial charge is 0.469 e. The first-order valence-electron chi connectivity index (χ1n) is 9.44. The molecule has 0 aliphatic rings. The van der Waals surface area contributed by atoms with E-state index in [9.17, 15) is 9.59 Å². The monoisotopic (exact) mass is 390 g/mol. The Morgan fingerprint density at radius 1 is 0.897 bits per heavy atom. The summed E-state index contributed by atoms with van der Waals surface area (Å²) in [6.45, 7) is 0. The number of aromatic nitrogens is 2. The molecule has 6 nitrogen and oxygen atoms in total. The average molecular weight is 390 g/mol. The number of carbonyl (C=O) groups is 2. The molecule has 0 atom stereocenters. The zero-order valence-electron chi connectivity index (χ0n) is 16.4. The third-order valence-electron chi connectivity index (χ3n) is 5.12. The fourth-order valence-electron chi connectivity index (χ4n) is 3.70. The van der Waals surface area contributed by atoms with E-state index in [1.165, 1.54) is 14.2 Å². The highest BCUT2D eigenvalue weighted by Gasteiger charge is 2.17. The van der Waals surface area contributed by atoms with Gasteiger partial charge < -0.3 is 19.4 Å². The Hall–Kier alpha value is -3.54. The van der Waals surface area contributed by atoms with Gasteiger partial charge in [0.05, 0.1) is 27.1 Å². The quantitative estimate of drug-likeness (QED) is 0.485. The summed E-state index contributed by atoms with van der Waals surface area (Å²) >= 11 is 0. The van der Waals surface area contributed by atoms with Crippen LogP contribution in [-0.4, -0.2) is 36.1 Å². The molecule has 6 heteroatoms. The lowest BCUT2D eigenvalue weighted by atomic mass is 9.99. The van der Waals surface area contributed by atoms with Crippen molar-refractivity contribution in [2.24, 2.45) is 0 Å². The number of hydrogen-bond donors (Lipinski definition) is 2. The van der Waals surface area contributed by atoms with Gasteiger partial charge in [0.25, 0.3) is 0 Å². The SMILES string of the molecule is COC(=O)CCc1cc2cc(-c3c(CC(=O)OC)[nH]c4ccccc34)ccc2[nH]1. The molecule has 2 aromatic carbocycles. The molecule has 29 heavy (non-hydrogen) atoms. The van der Waals surface area contributed by atoms with Crippen molar-refractivity contribution in [3.8, 4) is 11.1 Å². The molecule has 2 N–H and O–H groups in total. The van der Waals surface area contributed by atoms with Gasteiger partial charge >= 0.3 is 11.9 Å². The third kappa shape index (κ3) is 3.74. The molecule has 0 bridgehead atoms. The van der Waals surface area contributed by atoms with Gasteiger partial charge in [-0.15, -0.1) is 0 Å². The summed E-state index contributed by atoms with van der Waals surface area (Å²) in [5, 5.41) is 2.11. The number of hydrogen-bond acceptors (Lipinski definition) is 4. The van der Waals surface area contributed by atoms with E-state index in [1.54, 1.807) is 0 Å². The third-order valence-corrected chi connectivity index (χ3v) is 5.12. The second-order valence-corrected chi connectivity index (χ2v) is 6.95. The molecule has 0 saturated heterocycles. The molecule has 0 unspecified atom stereocenters. The van der Waals surface area contributed by atoms with E-state index in [0.29, 0.717) is 12.8 Å². The zero-order valence-corrected chi connectivity index (χ0v) is 16.4. The number of benzene rings is 2. The van der Waals surface area contributed by atoms with E-state index in [-0.39, 0.29) is 18.4 Å². The molecule has 4 rings (SSSR count). The van der Waals surface area contributed by atoms with Gasteiger partial charge in [-0.3, -0.25) is 9.59 Å². The number of ether oxygens (including phenoxy) is 2. The smallest absolute Gasteiger partial charge is 0.311 e. The number of rotatable bonds is 6. The Bertz CT molecular complexity index is 1200. The van der Waals surface area contributed by atoms with E-state index in [1.807, 2.05) is 36.4 Å². The van der Waals surface area contributed by atoms with Gasteiger partial charge in [0.1, 0.15) is 0 Å². The number of aryl methyl sites for hydroxylation is 1. The van der Waals surface area contributed by atoms with Crippen molar-refractivity contribution in [3.05, 3.63) is 59.9 Å². The molecule has 4 aromatic rings. The summed E-state index contributed by atoms with van der Waals surface area (Å²) in [5.41, 5.74) is 5.82. The second kappa shape index (κ2) is 7.83. The summed E-state index contributed by atoms with van der Waals surface area (Å²) in [4.78, 5) is 30.0. The lowest BCUT2D eigenvalue weighted by Crippen LogP contribution is -2.05. The Labute approximate surface area is 167 Å². The lowest BCUT2D eigenvalue weighted by molar-refractivity contribution is -0.141. The number of carbonyl (C=O) groups excluding carboxylic acids is 2. The van der Waals surface area contributed by atoms with Crippen molar-refractivity contribution in [1.82, 2.24) is 9.97 Å². The summed E-state index contributed by atoms with van der Waals surface area (Å²) in [6, 6.07) is 16.2. The van der Waals surface area contributed by atoms with Crippen LogP contribution in [0.2, 0.25) is 0 Å². The number of fused-ring (bicyclic) bond motifs is 2. The normalized spacial score (nSPS) is 11.1. The molecule has 148 valence electrons. The predicted molar refractivity (Wildman–Crippen MR) is 112 cm³/mol. The minimum atomic E-state index is -0.286. The van der Waals surface area contributed by atoms with Crippen LogP contribution in [0, 0.1) is 0 Å². The molecule has 0 aliphatic heterocycles. The van der Waals surface area contributed by atoms with Crippen LogP contribution in [0.25, 0.3) is 32.9 Å². The summed E-state index contributed by atoms with van der Waals surface area (Å²) < 4.78 is 9.58. The fourth-order valence-corrected chi connectivity index (χ4v) is 3.70. The number of para-hydroxylation sites is 1. The Morgan fingerprint density at radius 2 is 1.69 bits per heavy atom. The van der Waals surface area contributed by atoms with Gasteiger partial charge in [-0.2, -0.15) is 0 Å². The number of nitrogens with one attached hydrogen (secondary N) is 2. The molecule has 0 spiro atoms. The van der Waals surface area contributed by atoms with Crippen LogP contribution in [0.3, 0.4) is 0 Å². The summed E-state index contributed by atoms with van der Waals surface area (Å²) in [6.07, 6.45) is 1.11. The molecule has 0 aliphatic carbocycles. The summed E-state index contributed by atoms with van der Waals surface area (Å²) in [7, 11) is 2.79. The number of H-pyrrole nitrogens is 2. The number of methoxy groups -OCH3 is 2. The van der Waals surface area contributed by atoms with Gasteiger partial charge in [-0.25, -0.2) is 0 Å². The van der Waals surface area contributed by atoms with Gasteiger partial charge in [-0.1, -0.05) is 24.3 Å². The molecule has 0 fully saturated rings. The van der Waals surface area contributed by atoms with E-state index in [4.69, 9.17) is 9.47 Å². The van der Waals surface area contributed by atoms with Crippen molar-refractivity contribution in [2.45, 2.75) is 19.3 Å². The number of aromatic amines is 2. The van der Waals surface area contributed by atoms with Crippen molar-refractivity contribution in [2.75, 3.05) is 14.2 Å². The highest BCUT2D eigenvalue weighted by molar-refractivity contribution is 6.00. The van der Waals surface area contributed by atoms with Crippen LogP contribution in [-0.2, 0) is 31.9 Å². The van der Waals surface area contributed by atoms with E-state index in [0.717, 1.165) is 44.3 Å². The van der Waals surface area contributed by atoms with Crippen molar-refractivity contribution >= 4 is 33.7 Å². The van der Waals surface area contributed by atoms with E-state index >= 15 is 0 Å². The Balaban J connectivity index is 1.75. The molecule has 2 heterocycles. The van der Waals surface area contributed by atoms with Crippen LogP contribution in [0.1, 0.15) is 17.8 Å². The predicted octanol–water partition coefficient (Wildman–Crippen LogP) is 4.14. The lowest BCUT2D eigenvalue weighted by Gasteiger charge is -2.05. The van der Waals surface area contributed by atoms with Gasteiger partial charge in [0, 0.05) is 38.8 Å². The van der Waals surface area contributed by atoms with Crippen LogP contribution in [0.15, 0.2) is 48.5 Å². The van der Waals surface area contributed by atoms with Crippen molar-refractivity contribution in [1.29, 1.82) is 0 Å². The van der Waals surface area contributed by atoms with Gasteiger partial charge in [-0.05, 0) is 36.2 Å².